The topological polar surface area (TPSA) is 94.4 Å². The first-order valence-corrected chi connectivity index (χ1v) is 6.17. The molecule has 1 aromatic heterocycles. The van der Waals surface area contributed by atoms with Crippen molar-refractivity contribution in [2.45, 2.75) is 19.4 Å². The maximum absolute atomic E-state index is 11.6. The lowest BCUT2D eigenvalue weighted by atomic mass is 10.1. The van der Waals surface area contributed by atoms with E-state index >= 15 is 0 Å². The smallest absolute Gasteiger partial charge is 0.349 e. The van der Waals surface area contributed by atoms with Crippen LogP contribution in [0.3, 0.4) is 0 Å². The minimum atomic E-state index is -1.23. The summed E-state index contributed by atoms with van der Waals surface area (Å²) in [6.45, 7) is 3.10. The highest BCUT2D eigenvalue weighted by molar-refractivity contribution is 5.79. The van der Waals surface area contributed by atoms with Gasteiger partial charge in [0, 0.05) is 0 Å². The number of carbonyl (C=O) groups excluding carboxylic acids is 1. The number of carbonyl (C=O) groups is 1. The van der Waals surface area contributed by atoms with E-state index in [0.29, 0.717) is 11.4 Å². The Kier molecular flexibility index (Phi) is 4.02. The van der Waals surface area contributed by atoms with Crippen molar-refractivity contribution in [3.63, 3.8) is 0 Å². The zero-order chi connectivity index (χ0) is 15.5. The van der Waals surface area contributed by atoms with Crippen LogP contribution in [-0.4, -0.2) is 38.7 Å². The molecule has 0 aliphatic heterocycles. The third-order valence-electron chi connectivity index (χ3n) is 2.78. The fourth-order valence-corrected chi connectivity index (χ4v) is 1.73. The second-order valence-electron chi connectivity index (χ2n) is 4.72. The highest BCUT2D eigenvalue weighted by Gasteiger charge is 2.32. The molecular formula is C14H15N3O4. The molecule has 0 saturated carbocycles. The summed E-state index contributed by atoms with van der Waals surface area (Å²) in [7, 11) is 1.27. The average molecular weight is 289 g/mol. The number of benzene rings is 1. The second-order valence-corrected chi connectivity index (χ2v) is 4.72. The van der Waals surface area contributed by atoms with Crippen LogP contribution in [0.2, 0.25) is 0 Å². The van der Waals surface area contributed by atoms with Gasteiger partial charge >= 0.3 is 5.97 Å². The van der Waals surface area contributed by atoms with E-state index in [9.17, 15) is 9.90 Å². The number of methoxy groups -OCH3 is 1. The number of aromatic nitrogens is 3. The third-order valence-corrected chi connectivity index (χ3v) is 2.78. The van der Waals surface area contributed by atoms with Gasteiger partial charge in [0.25, 0.3) is 0 Å². The fourth-order valence-electron chi connectivity index (χ4n) is 1.73. The van der Waals surface area contributed by atoms with Gasteiger partial charge in [-0.05, 0) is 26.0 Å². The van der Waals surface area contributed by atoms with Crippen molar-refractivity contribution in [1.29, 1.82) is 0 Å². The van der Waals surface area contributed by atoms with E-state index in [1.165, 1.54) is 19.8 Å². The molecule has 2 aromatic rings. The molecule has 1 heterocycles. The van der Waals surface area contributed by atoms with Crippen molar-refractivity contribution >= 4 is 5.97 Å². The Morgan fingerprint density at radius 3 is 2.52 bits per heavy atom. The van der Waals surface area contributed by atoms with E-state index < -0.39 is 11.6 Å². The van der Waals surface area contributed by atoms with Crippen LogP contribution in [0.1, 0.15) is 13.8 Å². The Morgan fingerprint density at radius 1 is 1.24 bits per heavy atom. The first-order valence-electron chi connectivity index (χ1n) is 6.17. The molecule has 7 heteroatoms. The minimum Gasteiger partial charge on any atom is -0.504 e. The molecule has 0 fully saturated rings. The van der Waals surface area contributed by atoms with Gasteiger partial charge in [-0.3, -0.25) is 0 Å². The average Bonchev–Trinajstić information content (AvgIpc) is 2.49. The van der Waals surface area contributed by atoms with Crippen LogP contribution in [0.25, 0.3) is 11.4 Å². The minimum absolute atomic E-state index is 0.142. The molecule has 0 amide bonds. The van der Waals surface area contributed by atoms with E-state index in [0.717, 1.165) is 0 Å². The highest BCUT2D eigenvalue weighted by atomic mass is 16.6. The first kappa shape index (κ1) is 14.7. The molecule has 1 N–H and O–H groups in total. The van der Waals surface area contributed by atoms with E-state index in [2.05, 4.69) is 19.7 Å². The lowest BCUT2D eigenvalue weighted by molar-refractivity contribution is -0.156. The Labute approximate surface area is 121 Å². The van der Waals surface area contributed by atoms with E-state index in [-0.39, 0.29) is 11.5 Å². The maximum Gasteiger partial charge on any atom is 0.349 e. The first-order chi connectivity index (χ1) is 9.95. The number of para-hydroxylation sites is 1. The summed E-state index contributed by atoms with van der Waals surface area (Å²) in [5, 5.41) is 10.3. The van der Waals surface area contributed by atoms with Gasteiger partial charge in [0.1, 0.15) is 12.7 Å². The Bertz CT molecular complexity index is 644. The Hall–Kier alpha value is -2.70. The zero-order valence-corrected chi connectivity index (χ0v) is 11.9. The quantitative estimate of drug-likeness (QED) is 0.854. The molecule has 1 aromatic carbocycles. The molecule has 0 aliphatic rings. The number of aromatic hydroxyl groups is 1. The molecule has 0 bridgehead atoms. The number of phenolic OH excluding ortho intramolecular Hbond substituents is 1. The van der Waals surface area contributed by atoms with Crippen molar-refractivity contribution in [3.05, 3.63) is 30.9 Å². The second kappa shape index (κ2) is 5.74. The lowest BCUT2D eigenvalue weighted by Crippen LogP contribution is -2.39. The van der Waals surface area contributed by atoms with Crippen LogP contribution in [0.4, 0.5) is 0 Å². The van der Waals surface area contributed by atoms with Crippen molar-refractivity contribution in [1.82, 2.24) is 15.0 Å². The molecule has 21 heavy (non-hydrogen) atoms. The molecule has 0 spiro atoms. The van der Waals surface area contributed by atoms with Gasteiger partial charge in [-0.1, -0.05) is 6.07 Å². The summed E-state index contributed by atoms with van der Waals surface area (Å²) in [5.41, 5.74) is -0.847. The van der Waals surface area contributed by atoms with Gasteiger partial charge in [-0.25, -0.2) is 19.7 Å². The molecule has 0 radical (unpaired) electrons. The lowest BCUT2D eigenvalue weighted by Gasteiger charge is -2.24. The van der Waals surface area contributed by atoms with Gasteiger partial charge in [0.05, 0.1) is 12.7 Å². The maximum atomic E-state index is 11.6. The summed E-state index contributed by atoms with van der Waals surface area (Å²) >= 11 is 0. The highest BCUT2D eigenvalue weighted by Crippen LogP contribution is 2.37. The SMILES string of the molecule is COC(=O)C(C)(C)Oc1cccc(-c2ncncn2)c1O. The van der Waals surface area contributed by atoms with Crippen LogP contribution < -0.4 is 4.74 Å². The number of esters is 1. The third kappa shape index (κ3) is 3.07. The van der Waals surface area contributed by atoms with Crippen LogP contribution >= 0.6 is 0 Å². The molecule has 0 atom stereocenters. The van der Waals surface area contributed by atoms with Gasteiger partial charge < -0.3 is 14.6 Å². The number of rotatable bonds is 4. The zero-order valence-electron chi connectivity index (χ0n) is 11.9. The standard InChI is InChI=1S/C14H15N3O4/c1-14(2,13(19)20-3)21-10-6-4-5-9(11(10)18)12-16-7-15-8-17-12/h4-8,18H,1-3H3. The largest absolute Gasteiger partial charge is 0.504 e. The van der Waals surface area contributed by atoms with Crippen LogP contribution in [0, 0.1) is 0 Å². The Balaban J connectivity index is 2.37. The fraction of sp³-hybridized carbons (Fsp3) is 0.286. The van der Waals surface area contributed by atoms with Gasteiger partial charge in [-0.2, -0.15) is 0 Å². The van der Waals surface area contributed by atoms with Crippen LogP contribution in [0.5, 0.6) is 11.5 Å². The van der Waals surface area contributed by atoms with E-state index in [1.807, 2.05) is 0 Å². The number of hydrogen-bond acceptors (Lipinski definition) is 7. The molecule has 2 rings (SSSR count). The molecule has 110 valence electrons. The number of phenols is 1. The van der Waals surface area contributed by atoms with Crippen molar-refractivity contribution in [3.8, 4) is 22.9 Å². The van der Waals surface area contributed by atoms with Gasteiger partial charge in [0.2, 0.25) is 0 Å². The van der Waals surface area contributed by atoms with Gasteiger partial charge in [0.15, 0.2) is 22.9 Å². The summed E-state index contributed by atoms with van der Waals surface area (Å²) in [5.74, 6) is -0.250. The Morgan fingerprint density at radius 2 is 1.90 bits per heavy atom. The molecule has 0 aliphatic carbocycles. The summed E-state index contributed by atoms with van der Waals surface area (Å²) in [6, 6.07) is 4.86. The van der Waals surface area contributed by atoms with E-state index in [4.69, 9.17) is 4.74 Å². The molecule has 0 unspecified atom stereocenters. The summed E-state index contributed by atoms with van der Waals surface area (Å²) in [4.78, 5) is 23.3. The monoisotopic (exact) mass is 289 g/mol. The van der Waals surface area contributed by atoms with Gasteiger partial charge in [-0.15, -0.1) is 0 Å². The predicted molar refractivity (Wildman–Crippen MR) is 73.7 cm³/mol. The number of nitrogens with zero attached hydrogens (tertiary/aromatic N) is 3. The van der Waals surface area contributed by atoms with E-state index in [1.54, 1.807) is 32.0 Å². The molecular weight excluding hydrogens is 274 g/mol. The number of hydrogen-bond donors (Lipinski definition) is 1. The summed E-state index contributed by atoms with van der Waals surface area (Å²) in [6.07, 6.45) is 2.65. The molecule has 7 nitrogen and oxygen atoms in total. The number of ether oxygens (including phenoxy) is 2. The summed E-state index contributed by atoms with van der Waals surface area (Å²) < 4.78 is 10.2. The van der Waals surface area contributed by atoms with Crippen LogP contribution in [-0.2, 0) is 9.53 Å². The predicted octanol–water partition coefficient (Wildman–Crippen LogP) is 1.57. The van der Waals surface area contributed by atoms with Crippen molar-refractivity contribution in [2.24, 2.45) is 0 Å². The van der Waals surface area contributed by atoms with Crippen molar-refractivity contribution < 1.29 is 19.4 Å². The van der Waals surface area contributed by atoms with Crippen LogP contribution in [0.15, 0.2) is 30.9 Å². The molecule has 0 saturated heterocycles. The normalized spacial score (nSPS) is 11.0. The van der Waals surface area contributed by atoms with Crippen molar-refractivity contribution in [2.75, 3.05) is 7.11 Å².